The fourth-order valence-electron chi connectivity index (χ4n) is 4.60. The molecule has 0 spiro atoms. The number of carbonyl (C=O) groups excluding carboxylic acids is 1. The Morgan fingerprint density at radius 2 is 1.47 bits per heavy atom. The predicted octanol–water partition coefficient (Wildman–Crippen LogP) is 6.91. The van der Waals surface area contributed by atoms with Gasteiger partial charge in [-0.15, -0.1) is 0 Å². The van der Waals surface area contributed by atoms with Gasteiger partial charge in [0.2, 0.25) is 11.4 Å². The van der Waals surface area contributed by atoms with E-state index in [1.54, 1.807) is 31.4 Å². The average Bonchev–Trinajstić information content (AvgIpc) is 3.27. The molecule has 1 unspecified atom stereocenters. The monoisotopic (exact) mass is 503 g/mol. The topological polar surface area (TPSA) is 86.4 Å². The van der Waals surface area contributed by atoms with Crippen molar-refractivity contribution in [2.75, 3.05) is 24.3 Å². The van der Waals surface area contributed by atoms with Crippen molar-refractivity contribution >= 4 is 28.8 Å². The minimum atomic E-state index is -0.383. The molecule has 5 rings (SSSR count). The summed E-state index contributed by atoms with van der Waals surface area (Å²) in [5.41, 5.74) is 5.08. The van der Waals surface area contributed by atoms with Crippen LogP contribution in [0.2, 0.25) is 0 Å². The van der Waals surface area contributed by atoms with E-state index in [0.717, 1.165) is 34.0 Å². The van der Waals surface area contributed by atoms with Crippen LogP contribution in [-0.4, -0.2) is 30.0 Å². The Morgan fingerprint density at radius 1 is 0.868 bits per heavy atom. The number of para-hydroxylation sites is 1. The summed E-state index contributed by atoms with van der Waals surface area (Å²) in [6.45, 7) is 2.77. The molecule has 7 nitrogen and oxygen atoms in total. The summed E-state index contributed by atoms with van der Waals surface area (Å²) >= 11 is 0. The number of urea groups is 1. The Bertz CT molecular complexity index is 1520. The van der Waals surface area contributed by atoms with E-state index in [0.29, 0.717) is 23.7 Å². The molecule has 0 aromatic heterocycles. The first-order valence-corrected chi connectivity index (χ1v) is 12.3. The Morgan fingerprint density at radius 3 is 2.08 bits per heavy atom. The molecule has 4 aromatic rings. The van der Waals surface area contributed by atoms with Crippen LogP contribution in [0.25, 0.3) is 0 Å². The number of methoxy groups -OCH3 is 1. The van der Waals surface area contributed by atoms with Gasteiger partial charge in [0.25, 0.3) is 0 Å². The second-order valence-corrected chi connectivity index (χ2v) is 8.71. The van der Waals surface area contributed by atoms with Crippen LogP contribution in [-0.2, 0) is 0 Å². The zero-order valence-corrected chi connectivity index (χ0v) is 21.1. The van der Waals surface area contributed by atoms with Gasteiger partial charge >= 0.3 is 6.03 Å². The first-order chi connectivity index (χ1) is 18.6. The van der Waals surface area contributed by atoms with Crippen LogP contribution >= 0.6 is 0 Å². The molecule has 188 valence electrons. The fourth-order valence-corrected chi connectivity index (χ4v) is 4.60. The standard InChI is InChI=1S/C31H26N4O3/c1-3-35-29-19-26(37-2)17-18-27(29)28(20-32)30(35)21-9-11-22(12-10-21)33-31(36)34-23-13-15-25(16-14-23)38-24-7-5-4-6-8-24/h4-19,28H,3H2,1-2H3,(H,34,36)/p+1. The molecule has 0 bridgehead atoms. The maximum absolute atomic E-state index is 12.6. The molecule has 0 saturated heterocycles. The lowest BCUT2D eigenvalue weighted by molar-refractivity contribution is -0.432. The number of hydrogen-bond acceptors (Lipinski definition) is 4. The van der Waals surface area contributed by atoms with Crippen LogP contribution < -0.4 is 20.1 Å². The molecule has 0 fully saturated rings. The Kier molecular flexibility index (Phi) is 7.05. The molecule has 1 aliphatic rings. The van der Waals surface area contributed by atoms with E-state index in [1.165, 1.54) is 0 Å². The molecule has 4 aromatic carbocycles. The van der Waals surface area contributed by atoms with E-state index >= 15 is 0 Å². The summed E-state index contributed by atoms with van der Waals surface area (Å²) < 4.78 is 13.3. The molecule has 0 saturated carbocycles. The van der Waals surface area contributed by atoms with Crippen molar-refractivity contribution < 1.29 is 18.8 Å². The molecule has 1 heterocycles. The minimum Gasteiger partial charge on any atom is -0.497 e. The van der Waals surface area contributed by atoms with Gasteiger partial charge in [-0.25, -0.2) is 4.79 Å². The van der Waals surface area contributed by atoms with E-state index in [-0.39, 0.29) is 11.9 Å². The van der Waals surface area contributed by atoms with Gasteiger partial charge in [0.1, 0.15) is 23.8 Å². The maximum Gasteiger partial charge on any atom is 0.323 e. The highest BCUT2D eigenvalue weighted by Crippen LogP contribution is 2.39. The summed E-state index contributed by atoms with van der Waals surface area (Å²) in [5.74, 6) is 1.80. The van der Waals surface area contributed by atoms with Crippen molar-refractivity contribution in [1.82, 2.24) is 0 Å². The Balaban J connectivity index is 1.26. The SMILES string of the molecule is CC[N+]1=C(c2ccc(NC(=O)Nc3ccc(Oc4ccccc4)cc3)cc2)C(C#N)c2ccc(OC)cc21. The highest BCUT2D eigenvalue weighted by Gasteiger charge is 2.40. The van der Waals surface area contributed by atoms with E-state index in [4.69, 9.17) is 9.47 Å². The lowest BCUT2D eigenvalue weighted by Gasteiger charge is -2.10. The largest absolute Gasteiger partial charge is 0.497 e. The average molecular weight is 504 g/mol. The zero-order valence-electron chi connectivity index (χ0n) is 21.1. The van der Waals surface area contributed by atoms with E-state index in [1.807, 2.05) is 72.8 Å². The molecule has 0 radical (unpaired) electrons. The molecular formula is C31H27N4O3+. The third kappa shape index (κ3) is 5.06. The number of nitriles is 1. The second kappa shape index (κ2) is 10.9. The van der Waals surface area contributed by atoms with Gasteiger partial charge in [-0.1, -0.05) is 18.2 Å². The van der Waals surface area contributed by atoms with E-state index < -0.39 is 0 Å². The first kappa shape index (κ1) is 24.6. The number of carbonyl (C=O) groups is 1. The lowest BCUT2D eigenvalue weighted by atomic mass is 9.93. The molecule has 38 heavy (non-hydrogen) atoms. The molecule has 1 atom stereocenters. The van der Waals surface area contributed by atoms with Crippen LogP contribution in [0.15, 0.2) is 97.1 Å². The van der Waals surface area contributed by atoms with Crippen molar-refractivity contribution in [1.29, 1.82) is 5.26 Å². The van der Waals surface area contributed by atoms with Gasteiger partial charge in [0.05, 0.1) is 24.8 Å². The number of nitrogens with zero attached hydrogens (tertiary/aromatic N) is 2. The van der Waals surface area contributed by atoms with Crippen LogP contribution in [0.1, 0.15) is 24.0 Å². The van der Waals surface area contributed by atoms with Crippen molar-refractivity contribution in [3.63, 3.8) is 0 Å². The van der Waals surface area contributed by atoms with Gasteiger partial charge in [-0.05, 0) is 79.7 Å². The zero-order chi connectivity index (χ0) is 26.5. The van der Waals surface area contributed by atoms with Crippen molar-refractivity contribution in [2.45, 2.75) is 12.8 Å². The summed E-state index contributed by atoms with van der Waals surface area (Å²) in [7, 11) is 1.64. The number of nitrogens with one attached hydrogen (secondary N) is 2. The number of ether oxygens (including phenoxy) is 2. The van der Waals surface area contributed by atoms with Crippen molar-refractivity contribution in [3.8, 4) is 23.3 Å². The predicted molar refractivity (Wildman–Crippen MR) is 148 cm³/mol. The third-order valence-corrected chi connectivity index (χ3v) is 6.38. The van der Waals surface area contributed by atoms with Gasteiger partial charge < -0.3 is 20.1 Å². The molecular weight excluding hydrogens is 476 g/mol. The van der Waals surface area contributed by atoms with Crippen molar-refractivity contribution in [3.05, 3.63) is 108 Å². The van der Waals surface area contributed by atoms with Crippen molar-refractivity contribution in [2.24, 2.45) is 0 Å². The number of benzene rings is 4. The highest BCUT2D eigenvalue weighted by atomic mass is 16.5. The summed E-state index contributed by atoms with van der Waals surface area (Å²) in [5, 5.41) is 15.7. The number of anilines is 2. The molecule has 2 N–H and O–H groups in total. The van der Waals surface area contributed by atoms with E-state index in [2.05, 4.69) is 28.2 Å². The van der Waals surface area contributed by atoms with Gasteiger partial charge in [-0.2, -0.15) is 9.84 Å². The minimum absolute atomic E-state index is 0.354. The highest BCUT2D eigenvalue weighted by molar-refractivity contribution is 6.07. The summed E-state index contributed by atoms with van der Waals surface area (Å²) in [4.78, 5) is 12.6. The second-order valence-electron chi connectivity index (χ2n) is 8.71. The Hall–Kier alpha value is -5.09. The quantitative estimate of drug-likeness (QED) is 0.269. The Labute approximate surface area is 221 Å². The van der Waals surface area contributed by atoms with Crippen LogP contribution in [0.4, 0.5) is 21.9 Å². The summed E-state index contributed by atoms with van der Waals surface area (Å²) in [6.07, 6.45) is 0. The van der Waals surface area contributed by atoms with Crippen LogP contribution in [0.3, 0.4) is 0 Å². The molecule has 1 aliphatic heterocycles. The van der Waals surface area contributed by atoms with Crippen LogP contribution in [0, 0.1) is 11.3 Å². The number of hydrogen-bond donors (Lipinski definition) is 2. The van der Waals surface area contributed by atoms with E-state index in [9.17, 15) is 10.1 Å². The van der Waals surface area contributed by atoms with Gasteiger partial charge in [0, 0.05) is 16.9 Å². The van der Waals surface area contributed by atoms with Crippen LogP contribution in [0.5, 0.6) is 17.2 Å². The number of fused-ring (bicyclic) bond motifs is 1. The molecule has 7 heteroatoms. The van der Waals surface area contributed by atoms with Gasteiger partial charge in [0.15, 0.2) is 5.92 Å². The maximum atomic E-state index is 12.6. The van der Waals surface area contributed by atoms with Gasteiger partial charge in [-0.3, -0.25) is 0 Å². The summed E-state index contributed by atoms with van der Waals surface area (Å²) in [6, 6.07) is 32.1. The fraction of sp³-hybridized carbons (Fsp3) is 0.129. The number of rotatable bonds is 7. The molecule has 0 aliphatic carbocycles. The smallest absolute Gasteiger partial charge is 0.323 e. The first-order valence-electron chi connectivity index (χ1n) is 12.3. The number of amides is 2. The lowest BCUT2D eigenvalue weighted by Crippen LogP contribution is -2.20. The normalized spacial score (nSPS) is 13.9. The third-order valence-electron chi connectivity index (χ3n) is 6.38. The molecule has 2 amide bonds.